The third-order valence-electron chi connectivity index (χ3n) is 3.58. The van der Waals surface area contributed by atoms with Crippen LogP contribution in [0.15, 0.2) is 24.3 Å². The van der Waals surface area contributed by atoms with Crippen LogP contribution in [0.1, 0.15) is 23.5 Å². The minimum Gasteiger partial charge on any atom is -0.316 e. The number of fused-ring (bicyclic) bond motifs is 3. The highest BCUT2D eigenvalue weighted by Crippen LogP contribution is 2.37. The molecule has 1 aliphatic carbocycles. The highest BCUT2D eigenvalue weighted by atomic mass is 79.9. The van der Waals surface area contributed by atoms with E-state index in [1.54, 1.807) is 11.1 Å². The van der Waals surface area contributed by atoms with Crippen molar-refractivity contribution in [3.05, 3.63) is 35.4 Å². The molecular weight excluding hydrogens is 238 g/mol. The van der Waals surface area contributed by atoms with E-state index in [0.29, 0.717) is 0 Å². The maximum absolute atomic E-state index is 3.51. The maximum atomic E-state index is 3.51. The van der Waals surface area contributed by atoms with Gasteiger partial charge in [0.2, 0.25) is 0 Å². The van der Waals surface area contributed by atoms with E-state index in [1.807, 2.05) is 0 Å². The summed E-state index contributed by atoms with van der Waals surface area (Å²) in [6.45, 7) is 2.43. The second-order valence-corrected chi connectivity index (χ2v) is 4.26. The molecule has 14 heavy (non-hydrogen) atoms. The molecule has 2 heteroatoms. The third kappa shape index (κ3) is 1.51. The molecule has 1 N–H and O–H groups in total. The van der Waals surface area contributed by atoms with Crippen molar-refractivity contribution in [2.24, 2.45) is 5.92 Å². The third-order valence-corrected chi connectivity index (χ3v) is 3.58. The summed E-state index contributed by atoms with van der Waals surface area (Å²) in [5.41, 5.74) is 3.20. The average molecular weight is 254 g/mol. The second-order valence-electron chi connectivity index (χ2n) is 4.26. The fraction of sp³-hybridized carbons (Fsp3) is 0.500. The lowest BCUT2D eigenvalue weighted by atomic mass is 9.77. The van der Waals surface area contributed by atoms with Crippen molar-refractivity contribution in [1.82, 2.24) is 5.32 Å². The molecule has 0 saturated carbocycles. The highest BCUT2D eigenvalue weighted by molar-refractivity contribution is 8.93. The Morgan fingerprint density at radius 3 is 2.93 bits per heavy atom. The summed E-state index contributed by atoms with van der Waals surface area (Å²) in [6, 6.07) is 8.96. The standard InChI is InChI=1S/C12H15N.BrH/c1-2-4-11-9(3-1)5-6-10-7-13-8-12(10)11;/h1-4,10,12-13H,5-8H2;1H. The van der Waals surface area contributed by atoms with Crippen molar-refractivity contribution in [2.45, 2.75) is 18.8 Å². The van der Waals surface area contributed by atoms with Gasteiger partial charge >= 0.3 is 0 Å². The predicted molar refractivity (Wildman–Crippen MR) is 64.2 cm³/mol. The van der Waals surface area contributed by atoms with E-state index >= 15 is 0 Å². The van der Waals surface area contributed by atoms with Crippen molar-refractivity contribution in [1.29, 1.82) is 0 Å². The van der Waals surface area contributed by atoms with E-state index in [4.69, 9.17) is 0 Å². The minimum absolute atomic E-state index is 0. The molecule has 2 aliphatic rings. The lowest BCUT2D eigenvalue weighted by Crippen LogP contribution is -2.18. The Kier molecular flexibility index (Phi) is 2.93. The molecule has 1 fully saturated rings. The van der Waals surface area contributed by atoms with Crippen LogP contribution < -0.4 is 5.32 Å². The largest absolute Gasteiger partial charge is 0.316 e. The Hall–Kier alpha value is -0.340. The first-order valence-corrected chi connectivity index (χ1v) is 5.23. The summed E-state index contributed by atoms with van der Waals surface area (Å²) in [6.07, 6.45) is 2.67. The number of aryl methyl sites for hydroxylation is 1. The monoisotopic (exact) mass is 253 g/mol. The molecule has 3 rings (SSSR count). The van der Waals surface area contributed by atoms with E-state index < -0.39 is 0 Å². The molecule has 2 atom stereocenters. The fourth-order valence-corrected chi connectivity index (χ4v) is 2.86. The van der Waals surface area contributed by atoms with E-state index in [1.165, 1.54) is 25.9 Å². The maximum Gasteiger partial charge on any atom is 0.00235 e. The van der Waals surface area contributed by atoms with E-state index in [2.05, 4.69) is 29.6 Å². The SMILES string of the molecule is Br.c1ccc2c(c1)CCC1CNCC21. The number of rotatable bonds is 0. The first-order chi connectivity index (χ1) is 6.45. The van der Waals surface area contributed by atoms with Gasteiger partial charge < -0.3 is 5.32 Å². The molecular formula is C12H16BrN. The van der Waals surface area contributed by atoms with Gasteiger partial charge in [-0.05, 0) is 36.4 Å². The van der Waals surface area contributed by atoms with Gasteiger partial charge in [-0.3, -0.25) is 0 Å². The molecule has 0 spiro atoms. The first kappa shape index (κ1) is 10.2. The number of benzene rings is 1. The lowest BCUT2D eigenvalue weighted by molar-refractivity contribution is 0.451. The van der Waals surface area contributed by atoms with Crippen LogP contribution in [-0.4, -0.2) is 13.1 Å². The molecule has 1 aromatic carbocycles. The summed E-state index contributed by atoms with van der Waals surface area (Å²) in [4.78, 5) is 0. The molecule has 2 unspecified atom stereocenters. The Balaban J connectivity index is 0.000000750. The molecule has 1 heterocycles. The van der Waals surface area contributed by atoms with E-state index in [-0.39, 0.29) is 17.0 Å². The van der Waals surface area contributed by atoms with E-state index in [9.17, 15) is 0 Å². The zero-order chi connectivity index (χ0) is 8.67. The zero-order valence-corrected chi connectivity index (χ0v) is 9.91. The van der Waals surface area contributed by atoms with Gasteiger partial charge in [0.15, 0.2) is 0 Å². The Bertz CT molecular complexity index is 324. The normalized spacial score (nSPS) is 28.9. The van der Waals surface area contributed by atoms with Crippen LogP contribution in [0, 0.1) is 5.92 Å². The molecule has 1 nitrogen and oxygen atoms in total. The topological polar surface area (TPSA) is 12.0 Å². The van der Waals surface area contributed by atoms with Gasteiger partial charge in [0.1, 0.15) is 0 Å². The number of halogens is 1. The zero-order valence-electron chi connectivity index (χ0n) is 8.20. The van der Waals surface area contributed by atoms with Gasteiger partial charge in [0.25, 0.3) is 0 Å². The van der Waals surface area contributed by atoms with Crippen LogP contribution in [0.4, 0.5) is 0 Å². The van der Waals surface area contributed by atoms with Gasteiger partial charge in [-0.1, -0.05) is 24.3 Å². The van der Waals surface area contributed by atoms with Crippen LogP contribution in [0.2, 0.25) is 0 Å². The molecule has 0 radical (unpaired) electrons. The minimum atomic E-state index is 0. The van der Waals surface area contributed by atoms with Crippen molar-refractivity contribution >= 4 is 17.0 Å². The molecule has 0 amide bonds. The van der Waals surface area contributed by atoms with Gasteiger partial charge in [0.05, 0.1) is 0 Å². The highest BCUT2D eigenvalue weighted by Gasteiger charge is 2.32. The van der Waals surface area contributed by atoms with Crippen LogP contribution >= 0.6 is 17.0 Å². The van der Waals surface area contributed by atoms with Gasteiger partial charge in [-0.15, -0.1) is 17.0 Å². The predicted octanol–water partition coefficient (Wildman–Crippen LogP) is 2.51. The molecule has 76 valence electrons. The van der Waals surface area contributed by atoms with E-state index in [0.717, 1.165) is 11.8 Å². The second kappa shape index (κ2) is 4.03. The Labute approximate surface area is 95.7 Å². The summed E-state index contributed by atoms with van der Waals surface area (Å²) in [5, 5.41) is 3.51. The smallest absolute Gasteiger partial charge is 0.00235 e. The van der Waals surface area contributed by atoms with Gasteiger partial charge in [-0.25, -0.2) is 0 Å². The Morgan fingerprint density at radius 1 is 1.14 bits per heavy atom. The van der Waals surface area contributed by atoms with Crippen molar-refractivity contribution in [2.75, 3.05) is 13.1 Å². The molecule has 1 saturated heterocycles. The fourth-order valence-electron chi connectivity index (χ4n) is 2.86. The number of hydrogen-bond donors (Lipinski definition) is 1. The van der Waals surface area contributed by atoms with Crippen molar-refractivity contribution in [3.8, 4) is 0 Å². The van der Waals surface area contributed by atoms with Crippen LogP contribution in [-0.2, 0) is 6.42 Å². The average Bonchev–Trinajstić information content (AvgIpc) is 2.65. The molecule has 1 aromatic rings. The quantitative estimate of drug-likeness (QED) is 0.750. The summed E-state index contributed by atoms with van der Waals surface area (Å²) in [5.74, 6) is 1.72. The van der Waals surface area contributed by atoms with Crippen LogP contribution in [0.3, 0.4) is 0 Å². The van der Waals surface area contributed by atoms with Crippen molar-refractivity contribution in [3.63, 3.8) is 0 Å². The van der Waals surface area contributed by atoms with Gasteiger partial charge in [-0.2, -0.15) is 0 Å². The summed E-state index contributed by atoms with van der Waals surface area (Å²) >= 11 is 0. The molecule has 0 aromatic heterocycles. The number of nitrogens with one attached hydrogen (secondary N) is 1. The summed E-state index contributed by atoms with van der Waals surface area (Å²) < 4.78 is 0. The number of hydrogen-bond acceptors (Lipinski definition) is 1. The Morgan fingerprint density at radius 2 is 2.00 bits per heavy atom. The van der Waals surface area contributed by atoms with Crippen molar-refractivity contribution < 1.29 is 0 Å². The first-order valence-electron chi connectivity index (χ1n) is 5.23. The lowest BCUT2D eigenvalue weighted by Gasteiger charge is -2.27. The summed E-state index contributed by atoms with van der Waals surface area (Å²) in [7, 11) is 0. The molecule has 0 bridgehead atoms. The van der Waals surface area contributed by atoms with Crippen LogP contribution in [0.5, 0.6) is 0 Å². The van der Waals surface area contributed by atoms with Crippen LogP contribution in [0.25, 0.3) is 0 Å². The van der Waals surface area contributed by atoms with Gasteiger partial charge in [0, 0.05) is 12.5 Å². The molecule has 1 aliphatic heterocycles.